The quantitative estimate of drug-likeness (QED) is 0.505. The van der Waals surface area contributed by atoms with Gasteiger partial charge in [-0.3, -0.25) is 4.79 Å². The molecule has 0 unspecified atom stereocenters. The van der Waals surface area contributed by atoms with Gasteiger partial charge in [0.2, 0.25) is 0 Å². The summed E-state index contributed by atoms with van der Waals surface area (Å²) in [6.45, 7) is 7.04. The van der Waals surface area contributed by atoms with E-state index in [1.807, 2.05) is 6.08 Å². The fourth-order valence-electron chi connectivity index (χ4n) is 7.87. The molecule has 0 N–H and O–H groups in total. The topological polar surface area (TPSA) is 29.5 Å². The summed E-state index contributed by atoms with van der Waals surface area (Å²) in [7, 11) is 2.14. The second-order valence-electron chi connectivity index (χ2n) is 11.4. The molecule has 3 aliphatic carbocycles. The standard InChI is InChI=1S/C27H34F3NO2/c1-16-24-21(26(3)12-9-18(32)13-23(26)31(16)4)10-11-25(2)15-20(14-22(24)25)33-19-7-5-17(6-8-19)27(28,29)30/h5-8,13,16,20-22,24H,9-12,14-15H2,1-4H3/t16-,20+,21+,22+,24-,25-,26-/m1/s1. The molecule has 1 heterocycles. The molecule has 0 spiro atoms. The molecular formula is C27H34F3NO2. The van der Waals surface area contributed by atoms with Gasteiger partial charge in [-0.25, -0.2) is 0 Å². The molecule has 6 heteroatoms. The van der Waals surface area contributed by atoms with Crippen LogP contribution in [0.5, 0.6) is 5.75 Å². The molecule has 4 aliphatic rings. The van der Waals surface area contributed by atoms with Gasteiger partial charge in [0.15, 0.2) is 5.78 Å². The summed E-state index contributed by atoms with van der Waals surface area (Å²) in [4.78, 5) is 14.6. The van der Waals surface area contributed by atoms with E-state index in [1.54, 1.807) is 0 Å². The second-order valence-corrected chi connectivity index (χ2v) is 11.4. The summed E-state index contributed by atoms with van der Waals surface area (Å²) in [6.07, 6.45) is 3.31. The molecule has 0 radical (unpaired) electrons. The Bertz CT molecular complexity index is 971. The number of piperidine rings is 1. The van der Waals surface area contributed by atoms with Crippen molar-refractivity contribution in [2.75, 3.05) is 7.05 Å². The van der Waals surface area contributed by atoms with Crippen LogP contribution >= 0.6 is 0 Å². The molecule has 3 fully saturated rings. The van der Waals surface area contributed by atoms with Gasteiger partial charge in [-0.15, -0.1) is 0 Å². The van der Waals surface area contributed by atoms with Crippen molar-refractivity contribution < 1.29 is 22.7 Å². The Morgan fingerprint density at radius 3 is 2.45 bits per heavy atom. The van der Waals surface area contributed by atoms with Gasteiger partial charge in [-0.2, -0.15) is 13.2 Å². The average Bonchev–Trinajstić information content (AvgIpc) is 3.08. The third kappa shape index (κ3) is 3.59. The Kier molecular flexibility index (Phi) is 5.19. The van der Waals surface area contributed by atoms with Gasteiger partial charge >= 0.3 is 6.18 Å². The number of carbonyl (C=O) groups excluding carboxylic acids is 1. The highest BCUT2D eigenvalue weighted by molar-refractivity contribution is 5.91. The number of hydrogen-bond donors (Lipinski definition) is 0. The van der Waals surface area contributed by atoms with Crippen LogP contribution in [0.3, 0.4) is 0 Å². The first-order valence-corrected chi connectivity index (χ1v) is 12.2. The Morgan fingerprint density at radius 1 is 1.09 bits per heavy atom. The van der Waals surface area contributed by atoms with E-state index in [0.29, 0.717) is 36.0 Å². The van der Waals surface area contributed by atoms with Gasteiger partial charge in [0.25, 0.3) is 0 Å². The number of ketones is 1. The van der Waals surface area contributed by atoms with E-state index in [0.717, 1.165) is 44.2 Å². The van der Waals surface area contributed by atoms with Crippen LogP contribution in [0.25, 0.3) is 0 Å². The number of allylic oxidation sites excluding steroid dienone is 2. The zero-order chi connectivity index (χ0) is 23.8. The summed E-state index contributed by atoms with van der Waals surface area (Å²) < 4.78 is 45.0. The van der Waals surface area contributed by atoms with Crippen LogP contribution in [0.4, 0.5) is 13.2 Å². The first-order valence-electron chi connectivity index (χ1n) is 12.2. The van der Waals surface area contributed by atoms with E-state index in [9.17, 15) is 18.0 Å². The summed E-state index contributed by atoms with van der Waals surface area (Å²) >= 11 is 0. The number of carbonyl (C=O) groups is 1. The minimum absolute atomic E-state index is 0.0191. The van der Waals surface area contributed by atoms with Gasteiger partial charge in [-0.1, -0.05) is 13.8 Å². The summed E-state index contributed by atoms with van der Waals surface area (Å²) in [5.74, 6) is 2.33. The number of ether oxygens (including phenoxy) is 1. The van der Waals surface area contributed by atoms with Crippen LogP contribution in [0.1, 0.15) is 64.9 Å². The maximum absolute atomic E-state index is 12.9. The van der Waals surface area contributed by atoms with Gasteiger partial charge in [-0.05, 0) is 86.5 Å². The zero-order valence-electron chi connectivity index (χ0n) is 19.9. The highest BCUT2D eigenvalue weighted by Crippen LogP contribution is 2.65. The van der Waals surface area contributed by atoms with Crippen LogP contribution in [0, 0.1) is 28.6 Å². The molecule has 5 rings (SSSR count). The second kappa shape index (κ2) is 7.51. The van der Waals surface area contributed by atoms with Crippen molar-refractivity contribution in [3.8, 4) is 5.75 Å². The summed E-state index contributed by atoms with van der Waals surface area (Å²) in [5.41, 5.74) is 0.779. The van der Waals surface area contributed by atoms with E-state index in [4.69, 9.17) is 4.74 Å². The van der Waals surface area contributed by atoms with Crippen molar-refractivity contribution >= 4 is 5.78 Å². The van der Waals surface area contributed by atoms with E-state index < -0.39 is 11.7 Å². The van der Waals surface area contributed by atoms with Gasteiger partial charge in [0, 0.05) is 36.7 Å². The molecule has 1 aromatic rings. The maximum atomic E-state index is 12.9. The molecule has 33 heavy (non-hydrogen) atoms. The fraction of sp³-hybridized carbons (Fsp3) is 0.667. The molecule has 180 valence electrons. The van der Waals surface area contributed by atoms with E-state index >= 15 is 0 Å². The fourth-order valence-corrected chi connectivity index (χ4v) is 7.87. The van der Waals surface area contributed by atoms with Crippen LogP contribution in [-0.2, 0) is 11.0 Å². The predicted molar refractivity (Wildman–Crippen MR) is 121 cm³/mol. The highest BCUT2D eigenvalue weighted by Gasteiger charge is 2.61. The van der Waals surface area contributed by atoms with Crippen LogP contribution in [-0.4, -0.2) is 29.9 Å². The van der Waals surface area contributed by atoms with Crippen molar-refractivity contribution in [3.63, 3.8) is 0 Å². The first-order chi connectivity index (χ1) is 15.4. The molecule has 0 aromatic heterocycles. The van der Waals surface area contributed by atoms with Crippen molar-refractivity contribution in [1.82, 2.24) is 4.90 Å². The number of benzene rings is 1. The number of hydrogen-bond acceptors (Lipinski definition) is 3. The lowest BCUT2D eigenvalue weighted by Crippen LogP contribution is -2.60. The summed E-state index contributed by atoms with van der Waals surface area (Å²) in [5, 5.41) is 0. The molecular weight excluding hydrogens is 427 g/mol. The molecule has 0 amide bonds. The number of halogens is 3. The lowest BCUT2D eigenvalue weighted by atomic mass is 9.49. The summed E-state index contributed by atoms with van der Waals surface area (Å²) in [6, 6.07) is 5.45. The number of likely N-dealkylation sites (tertiary alicyclic amines) is 1. The van der Waals surface area contributed by atoms with E-state index in [2.05, 4.69) is 32.7 Å². The lowest BCUT2D eigenvalue weighted by Gasteiger charge is -2.62. The number of alkyl halides is 3. The Hall–Kier alpha value is -1.98. The lowest BCUT2D eigenvalue weighted by molar-refractivity contribution is -0.137. The molecule has 2 saturated carbocycles. The van der Waals surface area contributed by atoms with Crippen molar-refractivity contribution in [2.45, 2.75) is 77.6 Å². The van der Waals surface area contributed by atoms with E-state index in [1.165, 1.54) is 17.8 Å². The van der Waals surface area contributed by atoms with Crippen LogP contribution < -0.4 is 4.74 Å². The Labute approximate surface area is 194 Å². The van der Waals surface area contributed by atoms with Crippen molar-refractivity contribution in [2.24, 2.45) is 28.6 Å². The predicted octanol–water partition coefficient (Wildman–Crippen LogP) is 6.48. The number of nitrogens with zero attached hydrogens (tertiary/aromatic N) is 1. The smallest absolute Gasteiger partial charge is 0.416 e. The Morgan fingerprint density at radius 2 is 1.79 bits per heavy atom. The number of fused-ring (bicyclic) bond motifs is 5. The van der Waals surface area contributed by atoms with Crippen molar-refractivity contribution in [3.05, 3.63) is 41.6 Å². The maximum Gasteiger partial charge on any atom is 0.416 e. The first kappa shape index (κ1) is 22.8. The SMILES string of the molecule is C[C@@H]1[C@H]2[C@@H]3C[C@H](Oc4ccc(C(F)(F)F)cc4)C[C@@]3(C)CC[C@@H]2[C@@]2(C)CCC(=O)C=C2N1C. The zero-order valence-corrected chi connectivity index (χ0v) is 19.9. The van der Waals surface area contributed by atoms with Crippen LogP contribution in [0.2, 0.25) is 0 Å². The molecule has 0 bridgehead atoms. The third-order valence-corrected chi connectivity index (χ3v) is 9.69. The molecule has 1 aromatic carbocycles. The monoisotopic (exact) mass is 461 g/mol. The van der Waals surface area contributed by atoms with Gasteiger partial charge in [0.1, 0.15) is 5.75 Å². The van der Waals surface area contributed by atoms with Crippen molar-refractivity contribution in [1.29, 1.82) is 0 Å². The molecule has 7 atom stereocenters. The third-order valence-electron chi connectivity index (χ3n) is 9.69. The largest absolute Gasteiger partial charge is 0.490 e. The molecule has 3 nitrogen and oxygen atoms in total. The highest BCUT2D eigenvalue weighted by atomic mass is 19.4. The normalized spacial score (nSPS) is 40.6. The van der Waals surface area contributed by atoms with Crippen LogP contribution in [0.15, 0.2) is 36.0 Å². The minimum Gasteiger partial charge on any atom is -0.490 e. The van der Waals surface area contributed by atoms with E-state index in [-0.39, 0.29) is 22.7 Å². The average molecular weight is 462 g/mol. The van der Waals surface area contributed by atoms with Gasteiger partial charge in [0.05, 0.1) is 11.7 Å². The Balaban J connectivity index is 1.38. The minimum atomic E-state index is -4.33. The molecule has 1 aliphatic heterocycles. The number of rotatable bonds is 2. The molecule has 1 saturated heterocycles. The van der Waals surface area contributed by atoms with Gasteiger partial charge < -0.3 is 9.64 Å².